The Kier molecular flexibility index (Phi) is 6.14. The molecule has 2 unspecified atom stereocenters. The summed E-state index contributed by atoms with van der Waals surface area (Å²) in [7, 11) is 0. The van der Waals surface area contributed by atoms with Crippen molar-refractivity contribution in [1.29, 1.82) is 0 Å². The third-order valence-corrected chi connectivity index (χ3v) is 6.02. The number of benzene rings is 2. The molecule has 1 aliphatic heterocycles. The molecule has 2 heterocycles. The molecule has 2 aromatic carbocycles. The van der Waals surface area contributed by atoms with Gasteiger partial charge in [-0.3, -0.25) is 4.79 Å². The number of carbonyl (C=O) groups excluding carboxylic acids is 1. The Morgan fingerprint density at radius 3 is 2.70 bits per heavy atom. The van der Waals surface area contributed by atoms with Gasteiger partial charge >= 0.3 is 5.97 Å². The first-order chi connectivity index (χ1) is 14.6. The third-order valence-electron chi connectivity index (χ3n) is 6.02. The minimum absolute atomic E-state index is 0.161. The average Bonchev–Trinajstić information content (AvgIpc) is 3.19. The van der Waals surface area contributed by atoms with Gasteiger partial charge in [0.1, 0.15) is 5.69 Å². The van der Waals surface area contributed by atoms with E-state index in [1.807, 2.05) is 6.07 Å². The van der Waals surface area contributed by atoms with E-state index in [1.165, 1.54) is 11.6 Å². The van der Waals surface area contributed by atoms with Crippen LogP contribution in [0.5, 0.6) is 0 Å². The number of rotatable bonds is 7. The van der Waals surface area contributed by atoms with Crippen molar-refractivity contribution in [2.24, 2.45) is 11.8 Å². The topological polar surface area (TPSA) is 94.2 Å². The summed E-state index contributed by atoms with van der Waals surface area (Å²) in [4.78, 5) is 26.8. The molecule has 4 rings (SSSR count). The molecule has 30 heavy (non-hydrogen) atoms. The summed E-state index contributed by atoms with van der Waals surface area (Å²) >= 11 is 0. The van der Waals surface area contributed by atoms with Crippen molar-refractivity contribution < 1.29 is 14.7 Å². The molecular formula is C24H27N3O3. The molecule has 0 radical (unpaired) electrons. The Bertz CT molecular complexity index is 1030. The number of aromatic carboxylic acids is 1. The minimum atomic E-state index is -0.977. The maximum atomic E-state index is 12.6. The van der Waals surface area contributed by atoms with E-state index in [1.54, 1.807) is 18.2 Å². The summed E-state index contributed by atoms with van der Waals surface area (Å²) in [5.41, 5.74) is 2.79. The normalized spacial score (nSPS) is 18.9. The molecule has 1 aromatic heterocycles. The van der Waals surface area contributed by atoms with Gasteiger partial charge in [-0.05, 0) is 74.0 Å². The molecule has 6 nitrogen and oxygen atoms in total. The number of piperidine rings is 1. The highest BCUT2D eigenvalue weighted by Crippen LogP contribution is 2.26. The van der Waals surface area contributed by atoms with Crippen LogP contribution < -0.4 is 10.6 Å². The van der Waals surface area contributed by atoms with Crippen molar-refractivity contribution in [1.82, 2.24) is 15.6 Å². The largest absolute Gasteiger partial charge is 0.478 e. The van der Waals surface area contributed by atoms with Crippen LogP contribution in [-0.2, 0) is 6.42 Å². The van der Waals surface area contributed by atoms with Gasteiger partial charge in [0.25, 0.3) is 5.91 Å². The van der Waals surface area contributed by atoms with Crippen LogP contribution in [0.2, 0.25) is 0 Å². The molecule has 0 bridgehead atoms. The van der Waals surface area contributed by atoms with Gasteiger partial charge in [-0.15, -0.1) is 0 Å². The van der Waals surface area contributed by atoms with Crippen LogP contribution in [0, 0.1) is 11.8 Å². The Labute approximate surface area is 175 Å². The smallest absolute Gasteiger partial charge is 0.335 e. The van der Waals surface area contributed by atoms with Crippen molar-refractivity contribution in [3.05, 3.63) is 71.4 Å². The molecule has 1 aliphatic rings. The van der Waals surface area contributed by atoms with Crippen LogP contribution in [0.3, 0.4) is 0 Å². The standard InChI is InChI=1S/C24H27N3O3/c28-23(22-14-20-13-18(24(29)30)6-7-21(20)27-22)26-11-9-19-15-25-10-8-17(19)12-16-4-2-1-3-5-16/h1-7,13-14,17,19,25,27H,8-12,15H2,(H,26,28)(H,29,30). The third kappa shape index (κ3) is 4.71. The lowest BCUT2D eigenvalue weighted by Gasteiger charge is -2.32. The maximum absolute atomic E-state index is 12.6. The van der Waals surface area contributed by atoms with Gasteiger partial charge in [0.05, 0.1) is 5.56 Å². The summed E-state index contributed by atoms with van der Waals surface area (Å²) in [6.45, 7) is 2.65. The van der Waals surface area contributed by atoms with Crippen molar-refractivity contribution >= 4 is 22.8 Å². The molecule has 1 saturated heterocycles. The zero-order chi connectivity index (χ0) is 20.9. The molecular weight excluding hydrogens is 378 g/mol. The molecule has 0 spiro atoms. The molecule has 0 saturated carbocycles. The van der Waals surface area contributed by atoms with E-state index in [0.717, 1.165) is 43.3 Å². The fourth-order valence-corrected chi connectivity index (χ4v) is 4.35. The summed E-state index contributed by atoms with van der Waals surface area (Å²) in [5, 5.41) is 16.3. The number of carbonyl (C=O) groups is 2. The fourth-order valence-electron chi connectivity index (χ4n) is 4.35. The number of carboxylic acids is 1. The first kappa shape index (κ1) is 20.2. The lowest BCUT2D eigenvalue weighted by Crippen LogP contribution is -2.39. The number of H-pyrrole nitrogens is 1. The first-order valence-electron chi connectivity index (χ1n) is 10.5. The molecule has 1 amide bonds. The minimum Gasteiger partial charge on any atom is -0.478 e. The van der Waals surface area contributed by atoms with E-state index in [2.05, 4.69) is 39.9 Å². The quantitative estimate of drug-likeness (QED) is 0.484. The van der Waals surface area contributed by atoms with Crippen LogP contribution in [0.25, 0.3) is 10.9 Å². The first-order valence-corrected chi connectivity index (χ1v) is 10.5. The van der Waals surface area contributed by atoms with Gasteiger partial charge in [0.15, 0.2) is 0 Å². The number of nitrogens with one attached hydrogen (secondary N) is 3. The van der Waals surface area contributed by atoms with E-state index in [4.69, 9.17) is 5.11 Å². The second kappa shape index (κ2) is 9.13. The molecule has 156 valence electrons. The maximum Gasteiger partial charge on any atom is 0.335 e. The number of aromatic nitrogens is 1. The Balaban J connectivity index is 1.34. The van der Waals surface area contributed by atoms with E-state index >= 15 is 0 Å². The Morgan fingerprint density at radius 2 is 1.90 bits per heavy atom. The van der Waals surface area contributed by atoms with E-state index in [9.17, 15) is 9.59 Å². The van der Waals surface area contributed by atoms with Gasteiger partial charge in [0.2, 0.25) is 0 Å². The summed E-state index contributed by atoms with van der Waals surface area (Å²) in [6.07, 6.45) is 3.16. The summed E-state index contributed by atoms with van der Waals surface area (Å²) < 4.78 is 0. The monoisotopic (exact) mass is 405 g/mol. The van der Waals surface area contributed by atoms with E-state index in [0.29, 0.717) is 24.1 Å². The number of carboxylic acid groups (broad SMARTS) is 1. The zero-order valence-corrected chi connectivity index (χ0v) is 16.9. The van der Waals surface area contributed by atoms with Gasteiger partial charge in [-0.25, -0.2) is 4.79 Å². The van der Waals surface area contributed by atoms with Crippen LogP contribution in [0.4, 0.5) is 0 Å². The number of hydrogen-bond donors (Lipinski definition) is 4. The predicted molar refractivity (Wildman–Crippen MR) is 117 cm³/mol. The van der Waals surface area contributed by atoms with Crippen molar-refractivity contribution in [3.8, 4) is 0 Å². The highest BCUT2D eigenvalue weighted by atomic mass is 16.4. The number of aromatic amines is 1. The average molecular weight is 405 g/mol. The molecule has 0 aliphatic carbocycles. The van der Waals surface area contributed by atoms with Crippen molar-refractivity contribution in [2.45, 2.75) is 19.3 Å². The highest BCUT2D eigenvalue weighted by molar-refractivity contribution is 6.00. The Hall–Kier alpha value is -3.12. The summed E-state index contributed by atoms with van der Waals surface area (Å²) in [6, 6.07) is 17.1. The fraction of sp³-hybridized carbons (Fsp3) is 0.333. The predicted octanol–water partition coefficient (Wildman–Crippen LogP) is 3.45. The highest BCUT2D eigenvalue weighted by Gasteiger charge is 2.25. The SMILES string of the molecule is O=C(O)c1ccc2[nH]c(C(=O)NCCC3CNCCC3Cc3ccccc3)cc2c1. The summed E-state index contributed by atoms with van der Waals surface area (Å²) in [5.74, 6) is 0.00913. The molecule has 4 N–H and O–H groups in total. The molecule has 2 atom stereocenters. The van der Waals surface area contributed by atoms with Gasteiger partial charge < -0.3 is 20.7 Å². The second-order valence-electron chi connectivity index (χ2n) is 8.04. The molecule has 1 fully saturated rings. The number of fused-ring (bicyclic) bond motifs is 1. The molecule has 6 heteroatoms. The van der Waals surface area contributed by atoms with Crippen LogP contribution in [0.1, 0.15) is 39.3 Å². The van der Waals surface area contributed by atoms with Crippen molar-refractivity contribution in [3.63, 3.8) is 0 Å². The van der Waals surface area contributed by atoms with Crippen LogP contribution >= 0.6 is 0 Å². The van der Waals surface area contributed by atoms with Gasteiger partial charge in [-0.2, -0.15) is 0 Å². The number of hydrogen-bond acceptors (Lipinski definition) is 3. The lowest BCUT2D eigenvalue weighted by molar-refractivity contribution is 0.0696. The van der Waals surface area contributed by atoms with Crippen LogP contribution in [0.15, 0.2) is 54.6 Å². The van der Waals surface area contributed by atoms with E-state index < -0.39 is 5.97 Å². The lowest BCUT2D eigenvalue weighted by atomic mass is 9.80. The molecule has 3 aromatic rings. The number of amides is 1. The second-order valence-corrected chi connectivity index (χ2v) is 8.04. The van der Waals surface area contributed by atoms with E-state index in [-0.39, 0.29) is 11.5 Å². The zero-order valence-electron chi connectivity index (χ0n) is 16.9. The van der Waals surface area contributed by atoms with Gasteiger partial charge in [0, 0.05) is 17.4 Å². The van der Waals surface area contributed by atoms with Crippen molar-refractivity contribution in [2.75, 3.05) is 19.6 Å². The van der Waals surface area contributed by atoms with Gasteiger partial charge in [-0.1, -0.05) is 30.3 Å². The van der Waals surface area contributed by atoms with Crippen LogP contribution in [-0.4, -0.2) is 41.6 Å². The Morgan fingerprint density at radius 1 is 1.07 bits per heavy atom.